The Bertz CT molecular complexity index is 428. The van der Waals surface area contributed by atoms with E-state index in [0.29, 0.717) is 6.42 Å². The van der Waals surface area contributed by atoms with Gasteiger partial charge in [-0.3, -0.25) is 0 Å². The van der Waals surface area contributed by atoms with Crippen molar-refractivity contribution in [2.24, 2.45) is 0 Å². The number of hydrogen-bond acceptors (Lipinski definition) is 1. The molecule has 1 atom stereocenters. The summed E-state index contributed by atoms with van der Waals surface area (Å²) < 4.78 is 42.3. The highest BCUT2D eigenvalue weighted by atomic mass is 79.9. The zero-order chi connectivity index (χ0) is 12.6. The minimum Gasteiger partial charge on any atom is -0.364 e. The molecule has 0 amide bonds. The third-order valence-electron chi connectivity index (χ3n) is 2.88. The molecule has 17 heavy (non-hydrogen) atoms. The number of benzene rings is 1. The van der Waals surface area contributed by atoms with E-state index in [4.69, 9.17) is 4.74 Å². The zero-order valence-electron chi connectivity index (χ0n) is 9.27. The highest BCUT2D eigenvalue weighted by molar-refractivity contribution is 9.10. The van der Waals surface area contributed by atoms with Gasteiger partial charge in [-0.25, -0.2) is 0 Å². The molecule has 0 saturated carbocycles. The second-order valence-electron chi connectivity index (χ2n) is 4.25. The molecule has 0 aliphatic heterocycles. The van der Waals surface area contributed by atoms with Gasteiger partial charge in [-0.1, -0.05) is 15.9 Å². The number of alkyl halides is 3. The van der Waals surface area contributed by atoms with Crippen molar-refractivity contribution >= 4 is 15.9 Å². The molecule has 1 unspecified atom stereocenters. The van der Waals surface area contributed by atoms with E-state index < -0.39 is 18.9 Å². The summed E-state index contributed by atoms with van der Waals surface area (Å²) >= 11 is 3.39. The fourth-order valence-corrected chi connectivity index (χ4v) is 2.90. The van der Waals surface area contributed by atoms with Crippen molar-refractivity contribution in [3.8, 4) is 0 Å². The second kappa shape index (κ2) is 4.61. The van der Waals surface area contributed by atoms with Crippen LogP contribution in [0.2, 0.25) is 0 Å². The third-order valence-corrected chi connectivity index (χ3v) is 3.34. The lowest BCUT2D eigenvalue weighted by molar-refractivity contribution is -0.186. The molecule has 1 aromatic rings. The fraction of sp³-hybridized carbons (Fsp3) is 0.500. The predicted molar refractivity (Wildman–Crippen MR) is 61.9 cm³/mol. The number of hydrogen-bond donors (Lipinski definition) is 0. The Hall–Kier alpha value is -0.550. The van der Waals surface area contributed by atoms with Gasteiger partial charge >= 0.3 is 6.18 Å². The normalized spacial score (nSPS) is 19.5. The van der Waals surface area contributed by atoms with E-state index in [0.717, 1.165) is 27.6 Å². The van der Waals surface area contributed by atoms with Gasteiger partial charge in [0.25, 0.3) is 0 Å². The quantitative estimate of drug-likeness (QED) is 0.790. The van der Waals surface area contributed by atoms with Crippen LogP contribution in [0.25, 0.3) is 0 Å². The van der Waals surface area contributed by atoms with E-state index in [1.807, 2.05) is 19.1 Å². The van der Waals surface area contributed by atoms with Crippen LogP contribution in [0.1, 0.15) is 29.2 Å². The van der Waals surface area contributed by atoms with Crippen molar-refractivity contribution in [1.29, 1.82) is 0 Å². The van der Waals surface area contributed by atoms with Crippen LogP contribution in [-0.2, 0) is 11.2 Å². The van der Waals surface area contributed by atoms with Gasteiger partial charge in [0, 0.05) is 4.47 Å². The van der Waals surface area contributed by atoms with Gasteiger partial charge in [0.1, 0.15) is 6.61 Å². The summed E-state index contributed by atoms with van der Waals surface area (Å²) in [5.41, 5.74) is 3.00. The highest BCUT2D eigenvalue weighted by Gasteiger charge is 2.32. The van der Waals surface area contributed by atoms with Crippen LogP contribution in [0.3, 0.4) is 0 Å². The van der Waals surface area contributed by atoms with Gasteiger partial charge in [-0.2, -0.15) is 13.2 Å². The lowest BCUT2D eigenvalue weighted by Crippen LogP contribution is -2.18. The van der Waals surface area contributed by atoms with Gasteiger partial charge in [-0.05, 0) is 48.6 Å². The summed E-state index contributed by atoms with van der Waals surface area (Å²) in [7, 11) is 0. The van der Waals surface area contributed by atoms with Crippen LogP contribution in [0.4, 0.5) is 13.2 Å². The molecular weight excluding hydrogens is 297 g/mol. The maximum Gasteiger partial charge on any atom is 0.411 e. The van der Waals surface area contributed by atoms with Crippen molar-refractivity contribution in [2.75, 3.05) is 6.61 Å². The van der Waals surface area contributed by atoms with Crippen molar-refractivity contribution < 1.29 is 17.9 Å². The zero-order valence-corrected chi connectivity index (χ0v) is 10.9. The smallest absolute Gasteiger partial charge is 0.364 e. The standard InChI is InChI=1S/C12H12BrF3O/c1-7-4-9(13)5-8-2-3-10(11(7)8)17-6-12(14,15)16/h4-5,10H,2-3,6H2,1H3. The first-order valence-electron chi connectivity index (χ1n) is 5.34. The fourth-order valence-electron chi connectivity index (χ4n) is 2.28. The molecule has 1 nitrogen and oxygen atoms in total. The van der Waals surface area contributed by atoms with Gasteiger partial charge < -0.3 is 4.74 Å². The lowest BCUT2D eigenvalue weighted by atomic mass is 10.0. The largest absolute Gasteiger partial charge is 0.411 e. The Labute approximate surface area is 106 Å². The van der Waals surface area contributed by atoms with E-state index >= 15 is 0 Å². The van der Waals surface area contributed by atoms with Crippen LogP contribution >= 0.6 is 15.9 Å². The lowest BCUT2D eigenvalue weighted by Gasteiger charge is -2.16. The Morgan fingerprint density at radius 1 is 1.41 bits per heavy atom. The molecule has 2 rings (SSSR count). The topological polar surface area (TPSA) is 9.23 Å². The molecule has 0 saturated heterocycles. The molecule has 0 spiro atoms. The molecule has 0 N–H and O–H groups in total. The summed E-state index contributed by atoms with van der Waals surface area (Å²) in [4.78, 5) is 0. The molecule has 0 bridgehead atoms. The Kier molecular flexibility index (Phi) is 3.50. The van der Waals surface area contributed by atoms with Gasteiger partial charge in [0.05, 0.1) is 6.10 Å². The maximum atomic E-state index is 12.1. The molecule has 1 aromatic carbocycles. The first-order valence-corrected chi connectivity index (χ1v) is 6.13. The average Bonchev–Trinajstić information content (AvgIpc) is 2.56. The molecular formula is C12H12BrF3O. The summed E-state index contributed by atoms with van der Waals surface area (Å²) in [6.45, 7) is 0.728. The van der Waals surface area contributed by atoms with E-state index in [-0.39, 0.29) is 0 Å². The monoisotopic (exact) mass is 308 g/mol. The molecule has 1 aliphatic rings. The Morgan fingerprint density at radius 2 is 2.12 bits per heavy atom. The summed E-state index contributed by atoms with van der Waals surface area (Å²) in [5, 5.41) is 0. The SMILES string of the molecule is Cc1cc(Br)cc2c1C(OCC(F)(F)F)CC2. The molecule has 0 aromatic heterocycles. The molecule has 94 valence electrons. The minimum atomic E-state index is -4.26. The van der Waals surface area contributed by atoms with E-state index in [1.165, 1.54) is 0 Å². The third kappa shape index (κ3) is 3.01. The van der Waals surface area contributed by atoms with Gasteiger partial charge in [0.15, 0.2) is 0 Å². The highest BCUT2D eigenvalue weighted by Crippen LogP contribution is 2.38. The van der Waals surface area contributed by atoms with Crippen LogP contribution in [0.15, 0.2) is 16.6 Å². The molecule has 0 radical (unpaired) electrons. The minimum absolute atomic E-state index is 0.417. The average molecular weight is 309 g/mol. The van der Waals surface area contributed by atoms with Crippen LogP contribution in [0.5, 0.6) is 0 Å². The maximum absolute atomic E-state index is 12.1. The number of ether oxygens (including phenoxy) is 1. The van der Waals surface area contributed by atoms with Crippen molar-refractivity contribution in [1.82, 2.24) is 0 Å². The van der Waals surface area contributed by atoms with E-state index in [1.54, 1.807) is 0 Å². The van der Waals surface area contributed by atoms with Crippen LogP contribution < -0.4 is 0 Å². The molecule has 0 fully saturated rings. The Morgan fingerprint density at radius 3 is 2.76 bits per heavy atom. The number of fused-ring (bicyclic) bond motifs is 1. The van der Waals surface area contributed by atoms with Gasteiger partial charge in [-0.15, -0.1) is 0 Å². The molecule has 0 heterocycles. The second-order valence-corrected chi connectivity index (χ2v) is 5.16. The number of aryl methyl sites for hydroxylation is 2. The van der Waals surface area contributed by atoms with Crippen molar-refractivity contribution in [3.05, 3.63) is 33.3 Å². The molecule has 5 heteroatoms. The van der Waals surface area contributed by atoms with E-state index in [9.17, 15) is 13.2 Å². The van der Waals surface area contributed by atoms with Gasteiger partial charge in [0.2, 0.25) is 0 Å². The first-order chi connectivity index (χ1) is 7.87. The van der Waals surface area contributed by atoms with Crippen molar-refractivity contribution in [3.63, 3.8) is 0 Å². The summed E-state index contributed by atoms with van der Waals surface area (Å²) in [6.07, 6.45) is -3.27. The molecule has 1 aliphatic carbocycles. The number of rotatable bonds is 2. The van der Waals surface area contributed by atoms with Crippen LogP contribution in [-0.4, -0.2) is 12.8 Å². The van der Waals surface area contributed by atoms with Crippen molar-refractivity contribution in [2.45, 2.75) is 32.0 Å². The first kappa shape index (κ1) is 12.9. The number of halogens is 4. The summed E-state index contributed by atoms with van der Waals surface area (Å²) in [6, 6.07) is 3.87. The van der Waals surface area contributed by atoms with Crippen LogP contribution in [0, 0.1) is 6.92 Å². The Balaban J connectivity index is 2.17. The predicted octanol–water partition coefficient (Wildman–Crippen LogP) is 4.32. The summed E-state index contributed by atoms with van der Waals surface area (Å²) in [5.74, 6) is 0. The van der Waals surface area contributed by atoms with E-state index in [2.05, 4.69) is 15.9 Å².